The lowest BCUT2D eigenvalue weighted by Gasteiger charge is -2.05. The van der Waals surface area contributed by atoms with Gasteiger partial charge in [0.25, 0.3) is 11.8 Å². The van der Waals surface area contributed by atoms with Crippen LogP contribution >= 0.6 is 11.3 Å². The molecule has 0 radical (unpaired) electrons. The van der Waals surface area contributed by atoms with E-state index in [1.54, 1.807) is 43.4 Å². The first-order chi connectivity index (χ1) is 13.1. The van der Waals surface area contributed by atoms with Crippen molar-refractivity contribution in [1.82, 2.24) is 10.3 Å². The van der Waals surface area contributed by atoms with E-state index in [4.69, 9.17) is 4.42 Å². The van der Waals surface area contributed by atoms with Crippen LogP contribution in [-0.4, -0.2) is 23.8 Å². The molecule has 4 rings (SSSR count). The molecule has 0 aliphatic heterocycles. The first kappa shape index (κ1) is 17.0. The van der Waals surface area contributed by atoms with Crippen LogP contribution in [0, 0.1) is 0 Å². The Morgan fingerprint density at radius 3 is 2.67 bits per heavy atom. The van der Waals surface area contributed by atoms with Crippen molar-refractivity contribution in [1.29, 1.82) is 0 Å². The maximum absolute atomic E-state index is 12.5. The van der Waals surface area contributed by atoms with Gasteiger partial charge in [0.15, 0.2) is 16.5 Å². The minimum atomic E-state index is -0.392. The van der Waals surface area contributed by atoms with Gasteiger partial charge in [-0.2, -0.15) is 0 Å². The standard InChI is InChI=1S/C20H15N3O3S/c1-21-18(24)12-5-4-6-13(11-12)22-19(25)15-9-10-16(26-15)20-23-14-7-2-3-8-17(14)27-20/h2-11H,1H3,(H,21,24)(H,22,25). The van der Waals surface area contributed by atoms with Gasteiger partial charge in [0, 0.05) is 18.3 Å². The SMILES string of the molecule is CNC(=O)c1cccc(NC(=O)c2ccc(-c3nc4ccccc4s3)o2)c1. The number of anilines is 1. The fourth-order valence-electron chi connectivity index (χ4n) is 2.63. The summed E-state index contributed by atoms with van der Waals surface area (Å²) in [5.74, 6) is 0.105. The summed E-state index contributed by atoms with van der Waals surface area (Å²) in [6, 6.07) is 17.8. The molecule has 0 unspecified atom stereocenters. The molecule has 0 atom stereocenters. The van der Waals surface area contributed by atoms with Crippen LogP contribution in [0.3, 0.4) is 0 Å². The summed E-state index contributed by atoms with van der Waals surface area (Å²) < 4.78 is 6.75. The Hall–Kier alpha value is -3.45. The molecule has 0 saturated heterocycles. The third-order valence-electron chi connectivity index (χ3n) is 3.94. The second-order valence-corrected chi connectivity index (χ2v) is 6.80. The topological polar surface area (TPSA) is 84.2 Å². The third kappa shape index (κ3) is 3.45. The molecule has 4 aromatic rings. The molecule has 0 aliphatic carbocycles. The summed E-state index contributed by atoms with van der Waals surface area (Å²) >= 11 is 1.51. The Labute approximate surface area is 158 Å². The van der Waals surface area contributed by atoms with Gasteiger partial charge < -0.3 is 15.1 Å². The van der Waals surface area contributed by atoms with E-state index in [-0.39, 0.29) is 11.7 Å². The molecule has 2 amide bonds. The van der Waals surface area contributed by atoms with Gasteiger partial charge in [-0.25, -0.2) is 4.98 Å². The van der Waals surface area contributed by atoms with Crippen molar-refractivity contribution in [3.8, 4) is 10.8 Å². The molecule has 2 N–H and O–H groups in total. The lowest BCUT2D eigenvalue weighted by molar-refractivity contribution is 0.0960. The highest BCUT2D eigenvalue weighted by Crippen LogP contribution is 2.31. The van der Waals surface area contributed by atoms with Gasteiger partial charge in [-0.3, -0.25) is 9.59 Å². The summed E-state index contributed by atoms with van der Waals surface area (Å²) in [5, 5.41) is 6.01. The van der Waals surface area contributed by atoms with Gasteiger partial charge >= 0.3 is 0 Å². The van der Waals surface area contributed by atoms with E-state index >= 15 is 0 Å². The van der Waals surface area contributed by atoms with Gasteiger partial charge in [-0.15, -0.1) is 11.3 Å². The monoisotopic (exact) mass is 377 g/mol. The van der Waals surface area contributed by atoms with Gasteiger partial charge in [0.1, 0.15) is 0 Å². The quantitative estimate of drug-likeness (QED) is 0.559. The number of thiazole rings is 1. The van der Waals surface area contributed by atoms with Crippen molar-refractivity contribution in [2.24, 2.45) is 0 Å². The van der Waals surface area contributed by atoms with Crippen molar-refractivity contribution in [3.05, 3.63) is 72.0 Å². The zero-order valence-electron chi connectivity index (χ0n) is 14.4. The molecule has 2 aromatic heterocycles. The molecule has 0 spiro atoms. The first-order valence-corrected chi connectivity index (χ1v) is 9.05. The molecule has 0 aliphatic rings. The second kappa shape index (κ2) is 7.05. The lowest BCUT2D eigenvalue weighted by atomic mass is 10.2. The number of fused-ring (bicyclic) bond motifs is 1. The Morgan fingerprint density at radius 1 is 1.00 bits per heavy atom. The summed E-state index contributed by atoms with van der Waals surface area (Å²) in [5.41, 5.74) is 1.87. The maximum Gasteiger partial charge on any atom is 0.291 e. The molecule has 0 saturated carbocycles. The van der Waals surface area contributed by atoms with Crippen LogP contribution < -0.4 is 10.6 Å². The van der Waals surface area contributed by atoms with Gasteiger partial charge in [0.2, 0.25) is 0 Å². The lowest BCUT2D eigenvalue weighted by Crippen LogP contribution is -2.18. The van der Waals surface area contributed by atoms with Crippen molar-refractivity contribution in [2.75, 3.05) is 12.4 Å². The number of carbonyl (C=O) groups excluding carboxylic acids is 2. The number of nitrogens with one attached hydrogen (secondary N) is 2. The molecule has 2 aromatic carbocycles. The Morgan fingerprint density at radius 2 is 1.85 bits per heavy atom. The minimum absolute atomic E-state index is 0.176. The number of hydrogen-bond donors (Lipinski definition) is 2. The molecule has 134 valence electrons. The van der Waals surface area contributed by atoms with E-state index in [2.05, 4.69) is 15.6 Å². The summed E-state index contributed by atoms with van der Waals surface area (Å²) in [6.45, 7) is 0. The van der Waals surface area contributed by atoms with Crippen molar-refractivity contribution in [2.45, 2.75) is 0 Å². The fraction of sp³-hybridized carbons (Fsp3) is 0.0500. The van der Waals surface area contributed by atoms with Crippen LogP contribution in [0.5, 0.6) is 0 Å². The number of nitrogens with zero attached hydrogens (tertiary/aromatic N) is 1. The molecule has 0 fully saturated rings. The molecular formula is C20H15N3O3S. The number of carbonyl (C=O) groups is 2. The maximum atomic E-state index is 12.5. The van der Waals surface area contributed by atoms with Crippen LogP contribution in [0.15, 0.2) is 65.1 Å². The molecule has 27 heavy (non-hydrogen) atoms. The van der Waals surface area contributed by atoms with Crippen LogP contribution in [0.2, 0.25) is 0 Å². The predicted molar refractivity (Wildman–Crippen MR) is 105 cm³/mol. The molecule has 2 heterocycles. The average molecular weight is 377 g/mol. The average Bonchev–Trinajstić information content (AvgIpc) is 3.34. The van der Waals surface area contributed by atoms with E-state index in [9.17, 15) is 9.59 Å². The number of amides is 2. The number of furan rings is 1. The van der Waals surface area contributed by atoms with Crippen molar-refractivity contribution >= 4 is 39.1 Å². The molecule has 7 heteroatoms. The van der Waals surface area contributed by atoms with Crippen molar-refractivity contribution in [3.63, 3.8) is 0 Å². The smallest absolute Gasteiger partial charge is 0.291 e. The molecule has 0 bridgehead atoms. The predicted octanol–water partition coefficient (Wildman–Crippen LogP) is 4.17. The van der Waals surface area contributed by atoms with Crippen molar-refractivity contribution < 1.29 is 14.0 Å². The summed E-state index contributed by atoms with van der Waals surface area (Å²) in [4.78, 5) is 28.7. The van der Waals surface area contributed by atoms with E-state index in [1.807, 2.05) is 24.3 Å². The summed E-state index contributed by atoms with van der Waals surface area (Å²) in [7, 11) is 1.56. The van der Waals surface area contributed by atoms with Crippen LogP contribution in [0.1, 0.15) is 20.9 Å². The highest BCUT2D eigenvalue weighted by atomic mass is 32.1. The summed E-state index contributed by atoms with van der Waals surface area (Å²) in [6.07, 6.45) is 0. The largest absolute Gasteiger partial charge is 0.448 e. The van der Waals surface area contributed by atoms with Gasteiger partial charge in [-0.1, -0.05) is 18.2 Å². The zero-order chi connectivity index (χ0) is 18.8. The normalized spacial score (nSPS) is 10.7. The third-order valence-corrected chi connectivity index (χ3v) is 5.00. The number of para-hydroxylation sites is 1. The Kier molecular flexibility index (Phi) is 4.43. The number of benzene rings is 2. The van der Waals surface area contributed by atoms with Crippen LogP contribution in [-0.2, 0) is 0 Å². The first-order valence-electron chi connectivity index (χ1n) is 8.23. The van der Waals surface area contributed by atoms with E-state index < -0.39 is 5.91 Å². The Bertz CT molecular complexity index is 1110. The highest BCUT2D eigenvalue weighted by Gasteiger charge is 2.15. The fourth-order valence-corrected chi connectivity index (χ4v) is 3.56. The zero-order valence-corrected chi connectivity index (χ0v) is 15.2. The van der Waals surface area contributed by atoms with Crippen LogP contribution in [0.25, 0.3) is 21.0 Å². The van der Waals surface area contributed by atoms with Gasteiger partial charge in [-0.05, 0) is 42.5 Å². The second-order valence-electron chi connectivity index (χ2n) is 5.76. The number of hydrogen-bond acceptors (Lipinski definition) is 5. The van der Waals surface area contributed by atoms with Gasteiger partial charge in [0.05, 0.1) is 10.2 Å². The Balaban J connectivity index is 1.54. The molecular weight excluding hydrogens is 362 g/mol. The number of aromatic nitrogens is 1. The minimum Gasteiger partial charge on any atom is -0.448 e. The van der Waals surface area contributed by atoms with E-state index in [0.717, 1.165) is 15.2 Å². The molecule has 6 nitrogen and oxygen atoms in total. The van der Waals surface area contributed by atoms with E-state index in [0.29, 0.717) is 17.0 Å². The van der Waals surface area contributed by atoms with E-state index in [1.165, 1.54) is 11.3 Å². The van der Waals surface area contributed by atoms with Crippen LogP contribution in [0.4, 0.5) is 5.69 Å². The number of rotatable bonds is 4. The highest BCUT2D eigenvalue weighted by molar-refractivity contribution is 7.21.